The minimum absolute atomic E-state index is 0.115. The van der Waals surface area contributed by atoms with Gasteiger partial charge in [-0.1, -0.05) is 19.9 Å². The zero-order valence-corrected chi connectivity index (χ0v) is 12.5. The number of hydrogen-bond acceptors (Lipinski definition) is 5. The van der Waals surface area contributed by atoms with Crippen molar-refractivity contribution in [3.8, 4) is 11.5 Å². The van der Waals surface area contributed by atoms with Crippen molar-refractivity contribution in [2.75, 3.05) is 13.2 Å². The molecule has 1 aliphatic rings. The first kappa shape index (κ1) is 15.6. The van der Waals surface area contributed by atoms with Crippen molar-refractivity contribution < 1.29 is 27.8 Å². The van der Waals surface area contributed by atoms with Gasteiger partial charge >= 0.3 is 5.97 Å². The molecule has 1 heterocycles. The Morgan fingerprint density at radius 2 is 1.95 bits per heavy atom. The Labute approximate surface area is 122 Å². The van der Waals surface area contributed by atoms with Crippen molar-refractivity contribution >= 4 is 16.0 Å². The molecule has 8 heteroatoms. The molecule has 116 valence electrons. The summed E-state index contributed by atoms with van der Waals surface area (Å²) in [5.74, 6) is -1.17. The van der Waals surface area contributed by atoms with Crippen molar-refractivity contribution in [2.45, 2.75) is 24.8 Å². The predicted octanol–water partition coefficient (Wildman–Crippen LogP) is 0.845. The van der Waals surface area contributed by atoms with E-state index in [0.29, 0.717) is 12.4 Å². The molecule has 0 amide bonds. The number of hydrogen-bond donors (Lipinski definition) is 2. The Balaban J connectivity index is 2.38. The van der Waals surface area contributed by atoms with E-state index < -0.39 is 28.0 Å². The first-order valence-corrected chi connectivity index (χ1v) is 7.95. The van der Waals surface area contributed by atoms with Crippen molar-refractivity contribution in [2.24, 2.45) is 5.92 Å². The number of fused-ring (bicyclic) bond motifs is 1. The van der Waals surface area contributed by atoms with Crippen LogP contribution >= 0.6 is 0 Å². The lowest BCUT2D eigenvalue weighted by atomic mass is 10.1. The molecule has 1 aliphatic heterocycles. The van der Waals surface area contributed by atoms with Crippen LogP contribution in [0.25, 0.3) is 0 Å². The van der Waals surface area contributed by atoms with Gasteiger partial charge in [-0.15, -0.1) is 0 Å². The number of para-hydroxylation sites is 1. The Morgan fingerprint density at radius 3 is 2.57 bits per heavy atom. The minimum atomic E-state index is -4.03. The van der Waals surface area contributed by atoms with Crippen LogP contribution in [0, 0.1) is 5.92 Å². The summed E-state index contributed by atoms with van der Waals surface area (Å²) in [7, 11) is -4.03. The van der Waals surface area contributed by atoms with Crippen molar-refractivity contribution in [1.29, 1.82) is 0 Å². The second-order valence-corrected chi connectivity index (χ2v) is 6.64. The number of aliphatic carboxylic acids is 1. The van der Waals surface area contributed by atoms with Gasteiger partial charge in [0, 0.05) is 0 Å². The lowest BCUT2D eigenvalue weighted by Gasteiger charge is -2.22. The maximum atomic E-state index is 12.4. The molecule has 0 radical (unpaired) electrons. The van der Waals surface area contributed by atoms with Crippen molar-refractivity contribution in [3.63, 3.8) is 0 Å². The Morgan fingerprint density at radius 1 is 1.29 bits per heavy atom. The molecule has 2 rings (SSSR count). The van der Waals surface area contributed by atoms with E-state index in [0.717, 1.165) is 0 Å². The van der Waals surface area contributed by atoms with E-state index in [4.69, 9.17) is 14.6 Å². The smallest absolute Gasteiger partial charge is 0.322 e. The summed E-state index contributed by atoms with van der Waals surface area (Å²) in [5.41, 5.74) is 0. The second-order valence-electron chi connectivity index (χ2n) is 4.96. The largest absolute Gasteiger partial charge is 0.486 e. The number of ether oxygens (including phenoxy) is 2. The number of carbonyl (C=O) groups is 1. The van der Waals surface area contributed by atoms with Gasteiger partial charge in [0.15, 0.2) is 11.5 Å². The maximum absolute atomic E-state index is 12.4. The van der Waals surface area contributed by atoms with Crippen LogP contribution in [0.4, 0.5) is 0 Å². The summed E-state index contributed by atoms with van der Waals surface area (Å²) < 4.78 is 37.7. The first-order valence-electron chi connectivity index (χ1n) is 6.46. The number of carboxylic acid groups (broad SMARTS) is 1. The number of benzene rings is 1. The van der Waals surface area contributed by atoms with Gasteiger partial charge in [0.25, 0.3) is 0 Å². The summed E-state index contributed by atoms with van der Waals surface area (Å²) in [6.45, 7) is 3.84. The van der Waals surface area contributed by atoms with Crippen LogP contribution in [0.2, 0.25) is 0 Å². The molecule has 21 heavy (non-hydrogen) atoms. The van der Waals surface area contributed by atoms with Gasteiger partial charge in [-0.05, 0) is 18.1 Å². The quantitative estimate of drug-likeness (QED) is 0.835. The number of carboxylic acids is 1. The van der Waals surface area contributed by atoms with Crippen LogP contribution in [0.15, 0.2) is 23.1 Å². The monoisotopic (exact) mass is 315 g/mol. The van der Waals surface area contributed by atoms with E-state index in [1.165, 1.54) is 12.1 Å². The van der Waals surface area contributed by atoms with Crippen LogP contribution in [0.3, 0.4) is 0 Å². The van der Waals surface area contributed by atoms with Gasteiger partial charge in [-0.25, -0.2) is 8.42 Å². The van der Waals surface area contributed by atoms with Gasteiger partial charge in [0.05, 0.1) is 0 Å². The number of nitrogens with one attached hydrogen (secondary N) is 1. The third-order valence-corrected chi connectivity index (χ3v) is 4.50. The lowest BCUT2D eigenvalue weighted by Crippen LogP contribution is -2.44. The maximum Gasteiger partial charge on any atom is 0.322 e. The molecule has 7 nitrogen and oxygen atoms in total. The molecular weight excluding hydrogens is 298 g/mol. The fourth-order valence-electron chi connectivity index (χ4n) is 1.96. The summed E-state index contributed by atoms with van der Waals surface area (Å²) >= 11 is 0. The van der Waals surface area contributed by atoms with Gasteiger partial charge in [-0.2, -0.15) is 4.72 Å². The van der Waals surface area contributed by atoms with Crippen LogP contribution in [-0.2, 0) is 14.8 Å². The zero-order chi connectivity index (χ0) is 15.6. The third kappa shape index (κ3) is 3.27. The third-order valence-electron chi connectivity index (χ3n) is 3.03. The van der Waals surface area contributed by atoms with E-state index in [1.807, 2.05) is 0 Å². The fourth-order valence-corrected chi connectivity index (χ4v) is 3.46. The zero-order valence-electron chi connectivity index (χ0n) is 11.7. The average Bonchev–Trinajstić information content (AvgIpc) is 2.43. The first-order chi connectivity index (χ1) is 9.83. The van der Waals surface area contributed by atoms with Crippen molar-refractivity contribution in [3.05, 3.63) is 18.2 Å². The van der Waals surface area contributed by atoms with E-state index in [2.05, 4.69) is 4.72 Å². The highest BCUT2D eigenvalue weighted by Crippen LogP contribution is 2.36. The summed E-state index contributed by atoms with van der Waals surface area (Å²) in [6, 6.07) is 3.27. The van der Waals surface area contributed by atoms with E-state index in [9.17, 15) is 13.2 Å². The summed E-state index contributed by atoms with van der Waals surface area (Å²) in [5, 5.41) is 9.11. The van der Waals surface area contributed by atoms with Gasteiger partial charge in [0.1, 0.15) is 24.2 Å². The van der Waals surface area contributed by atoms with E-state index >= 15 is 0 Å². The number of rotatable bonds is 5. The molecule has 0 saturated heterocycles. The molecule has 1 atom stereocenters. The molecule has 0 fully saturated rings. The normalized spacial score (nSPS) is 15.8. The predicted molar refractivity (Wildman–Crippen MR) is 74.0 cm³/mol. The molecule has 2 N–H and O–H groups in total. The van der Waals surface area contributed by atoms with Gasteiger partial charge in [-0.3, -0.25) is 4.79 Å². The van der Waals surface area contributed by atoms with E-state index in [-0.39, 0.29) is 17.3 Å². The summed E-state index contributed by atoms with van der Waals surface area (Å²) in [4.78, 5) is 11.0. The second kappa shape index (κ2) is 5.90. The van der Waals surface area contributed by atoms with Crippen LogP contribution in [-0.4, -0.2) is 38.7 Å². The molecule has 0 aromatic heterocycles. The van der Waals surface area contributed by atoms with Crippen LogP contribution < -0.4 is 14.2 Å². The SMILES string of the molecule is CC(C)[C@H](NS(=O)(=O)c1cccc2c1OCCO2)C(=O)O. The van der Waals surface area contributed by atoms with E-state index in [1.54, 1.807) is 19.9 Å². The molecule has 1 aromatic carbocycles. The molecule has 0 bridgehead atoms. The average molecular weight is 315 g/mol. The van der Waals surface area contributed by atoms with Crippen LogP contribution in [0.1, 0.15) is 13.8 Å². The molecule has 0 unspecified atom stereocenters. The standard InChI is InChI=1S/C13H17NO6S/c1-8(2)11(13(15)16)14-21(17,18)10-5-3-4-9-12(10)20-7-6-19-9/h3-5,8,11,14H,6-7H2,1-2H3,(H,15,16)/t11-/m0/s1. The Hall–Kier alpha value is -1.80. The Bertz CT molecular complexity index is 640. The van der Waals surface area contributed by atoms with Gasteiger partial charge in [0.2, 0.25) is 10.0 Å². The number of sulfonamides is 1. The lowest BCUT2D eigenvalue weighted by molar-refractivity contribution is -0.140. The van der Waals surface area contributed by atoms with Gasteiger partial charge < -0.3 is 14.6 Å². The topological polar surface area (TPSA) is 102 Å². The van der Waals surface area contributed by atoms with Crippen LogP contribution in [0.5, 0.6) is 11.5 Å². The Kier molecular flexibility index (Phi) is 4.38. The highest BCUT2D eigenvalue weighted by atomic mass is 32.2. The molecular formula is C13H17NO6S. The highest BCUT2D eigenvalue weighted by molar-refractivity contribution is 7.89. The summed E-state index contributed by atoms with van der Waals surface area (Å²) in [6.07, 6.45) is 0. The van der Waals surface area contributed by atoms with Crippen molar-refractivity contribution in [1.82, 2.24) is 4.72 Å². The fraction of sp³-hybridized carbons (Fsp3) is 0.462. The molecule has 0 spiro atoms. The molecule has 0 aliphatic carbocycles. The molecule has 1 aromatic rings. The minimum Gasteiger partial charge on any atom is -0.486 e. The highest BCUT2D eigenvalue weighted by Gasteiger charge is 2.31. The molecule has 0 saturated carbocycles.